The van der Waals surface area contributed by atoms with Gasteiger partial charge in [0.05, 0.1) is 85.9 Å². The van der Waals surface area contributed by atoms with E-state index >= 15 is 0 Å². The lowest BCUT2D eigenvalue weighted by Crippen LogP contribution is -2.34. The van der Waals surface area contributed by atoms with Gasteiger partial charge in [-0.3, -0.25) is 4.90 Å². The lowest BCUT2D eigenvalue weighted by atomic mass is 10.2. The quantitative estimate of drug-likeness (QED) is 0.145. The van der Waals surface area contributed by atoms with Crippen molar-refractivity contribution >= 4 is 0 Å². The summed E-state index contributed by atoms with van der Waals surface area (Å²) in [6.45, 7) is 21.1. The molecule has 0 aromatic rings. The van der Waals surface area contributed by atoms with Gasteiger partial charge < -0.3 is 37.9 Å². The Kier molecular flexibility index (Phi) is 28.6. The Morgan fingerprint density at radius 3 is 1.18 bits per heavy atom. The third-order valence-corrected chi connectivity index (χ3v) is 4.52. The molecule has 0 amide bonds. The molecule has 0 aliphatic heterocycles. The van der Waals surface area contributed by atoms with Crippen LogP contribution in [-0.4, -0.2) is 130 Å². The molecular formula is C25H53NO8. The molecule has 0 unspecified atom stereocenters. The third-order valence-electron chi connectivity index (χ3n) is 4.52. The molecule has 0 aromatic carbocycles. The molecule has 0 aliphatic rings. The summed E-state index contributed by atoms with van der Waals surface area (Å²) in [5.41, 5.74) is 0. The van der Waals surface area contributed by atoms with Crippen molar-refractivity contribution in [1.82, 2.24) is 4.90 Å². The molecule has 9 nitrogen and oxygen atoms in total. The normalized spacial score (nSPS) is 11.8. The summed E-state index contributed by atoms with van der Waals surface area (Å²) in [6.07, 6.45) is 1.03. The summed E-state index contributed by atoms with van der Waals surface area (Å²) in [6, 6.07) is 0. The van der Waals surface area contributed by atoms with E-state index in [0.29, 0.717) is 98.4 Å². The minimum atomic E-state index is 0.551. The summed E-state index contributed by atoms with van der Waals surface area (Å²) in [5, 5.41) is 0. The molecule has 0 aliphatic carbocycles. The molecule has 0 rings (SSSR count). The Morgan fingerprint density at radius 1 is 0.441 bits per heavy atom. The van der Waals surface area contributed by atoms with Crippen molar-refractivity contribution < 1.29 is 37.9 Å². The highest BCUT2D eigenvalue weighted by atomic mass is 16.6. The van der Waals surface area contributed by atoms with Crippen LogP contribution < -0.4 is 0 Å². The maximum atomic E-state index is 5.73. The summed E-state index contributed by atoms with van der Waals surface area (Å²) in [7, 11) is 0. The van der Waals surface area contributed by atoms with Gasteiger partial charge in [-0.15, -0.1) is 0 Å². The topological polar surface area (TPSA) is 77.1 Å². The van der Waals surface area contributed by atoms with E-state index in [1.807, 2.05) is 6.92 Å². The highest BCUT2D eigenvalue weighted by Gasteiger charge is 2.06. The van der Waals surface area contributed by atoms with Crippen LogP contribution in [-0.2, 0) is 37.9 Å². The number of hydrogen-bond acceptors (Lipinski definition) is 9. The third kappa shape index (κ3) is 27.9. The van der Waals surface area contributed by atoms with Gasteiger partial charge in [-0.2, -0.15) is 0 Å². The first-order chi connectivity index (χ1) is 16.7. The first-order valence-corrected chi connectivity index (χ1v) is 13.0. The molecule has 0 fully saturated rings. The lowest BCUT2D eigenvalue weighted by Gasteiger charge is -2.22. The van der Waals surface area contributed by atoms with E-state index in [-0.39, 0.29) is 0 Å². The van der Waals surface area contributed by atoms with Crippen molar-refractivity contribution in [3.05, 3.63) is 0 Å². The maximum Gasteiger partial charge on any atom is 0.0701 e. The van der Waals surface area contributed by atoms with E-state index in [9.17, 15) is 0 Å². The van der Waals surface area contributed by atoms with Crippen LogP contribution in [0.2, 0.25) is 0 Å². The molecule has 0 radical (unpaired) electrons. The van der Waals surface area contributed by atoms with Crippen LogP contribution in [0.1, 0.15) is 34.1 Å². The van der Waals surface area contributed by atoms with Crippen molar-refractivity contribution in [3.63, 3.8) is 0 Å². The number of rotatable bonds is 29. The fourth-order valence-electron chi connectivity index (χ4n) is 2.73. The van der Waals surface area contributed by atoms with E-state index < -0.39 is 0 Å². The van der Waals surface area contributed by atoms with Gasteiger partial charge in [0.1, 0.15) is 0 Å². The fraction of sp³-hybridized carbons (Fsp3) is 1.00. The Morgan fingerprint density at radius 2 is 0.794 bits per heavy atom. The summed E-state index contributed by atoms with van der Waals surface area (Å²) < 4.78 is 44.3. The summed E-state index contributed by atoms with van der Waals surface area (Å²) in [4.78, 5) is 2.29. The second kappa shape index (κ2) is 28.9. The van der Waals surface area contributed by atoms with Gasteiger partial charge in [-0.25, -0.2) is 0 Å². The zero-order chi connectivity index (χ0) is 25.0. The minimum absolute atomic E-state index is 0.551. The van der Waals surface area contributed by atoms with Crippen molar-refractivity contribution in [3.8, 4) is 0 Å². The predicted octanol–water partition coefficient (Wildman–Crippen LogP) is 2.51. The first-order valence-electron chi connectivity index (χ1n) is 13.0. The zero-order valence-corrected chi connectivity index (χ0v) is 22.4. The smallest absolute Gasteiger partial charge is 0.0701 e. The van der Waals surface area contributed by atoms with E-state index in [2.05, 4.69) is 25.7 Å². The van der Waals surface area contributed by atoms with Crippen molar-refractivity contribution in [2.45, 2.75) is 34.1 Å². The van der Waals surface area contributed by atoms with Crippen LogP contribution in [0.4, 0.5) is 0 Å². The van der Waals surface area contributed by atoms with Crippen LogP contribution >= 0.6 is 0 Å². The maximum absolute atomic E-state index is 5.73. The average molecular weight is 496 g/mol. The molecule has 0 spiro atoms. The van der Waals surface area contributed by atoms with E-state index in [0.717, 1.165) is 39.3 Å². The van der Waals surface area contributed by atoms with Crippen molar-refractivity contribution in [1.29, 1.82) is 0 Å². The van der Waals surface area contributed by atoms with E-state index in [4.69, 9.17) is 37.9 Å². The summed E-state index contributed by atoms with van der Waals surface area (Å²) in [5.74, 6) is 0.551. The molecule has 34 heavy (non-hydrogen) atoms. The largest absolute Gasteiger partial charge is 0.379 e. The van der Waals surface area contributed by atoms with Gasteiger partial charge in [0.2, 0.25) is 0 Å². The molecule has 0 saturated carbocycles. The van der Waals surface area contributed by atoms with Crippen LogP contribution in [0.5, 0.6) is 0 Å². The van der Waals surface area contributed by atoms with E-state index in [1.165, 1.54) is 0 Å². The fourth-order valence-corrected chi connectivity index (χ4v) is 2.73. The van der Waals surface area contributed by atoms with Gasteiger partial charge >= 0.3 is 0 Å². The van der Waals surface area contributed by atoms with Gasteiger partial charge in [-0.05, 0) is 19.3 Å². The number of hydrogen-bond donors (Lipinski definition) is 0. The van der Waals surface area contributed by atoms with Crippen LogP contribution in [0.15, 0.2) is 0 Å². The molecule has 0 saturated heterocycles. The first kappa shape index (κ1) is 33.6. The van der Waals surface area contributed by atoms with E-state index in [1.54, 1.807) is 0 Å². The monoisotopic (exact) mass is 495 g/mol. The highest BCUT2D eigenvalue weighted by molar-refractivity contribution is 4.57. The molecule has 9 heteroatoms. The Bertz CT molecular complexity index is 377. The zero-order valence-electron chi connectivity index (χ0n) is 22.4. The molecular weight excluding hydrogens is 442 g/mol. The minimum Gasteiger partial charge on any atom is -0.379 e. The Balaban J connectivity index is 3.80. The standard InChI is InChI=1S/C25H53NO8/c1-5-10-28-16-19-32-20-17-30-12-8-26(7-11-29-15-14-27-6-2)9-13-31-18-21-33-22-23-34-24-25(3)4/h25H,5-24H2,1-4H3. The molecule has 0 heterocycles. The average Bonchev–Trinajstić information content (AvgIpc) is 2.82. The second-order valence-corrected chi connectivity index (χ2v) is 8.18. The SMILES string of the molecule is CCCOCCOCCOCCN(CCOCCOCC)CCOCCOCCOCC(C)C. The van der Waals surface area contributed by atoms with Gasteiger partial charge in [0.15, 0.2) is 0 Å². The second-order valence-electron chi connectivity index (χ2n) is 8.18. The Labute approximate surface area is 208 Å². The lowest BCUT2D eigenvalue weighted by molar-refractivity contribution is -0.00400. The number of ether oxygens (including phenoxy) is 8. The molecule has 0 bridgehead atoms. The molecule has 0 N–H and O–H groups in total. The van der Waals surface area contributed by atoms with Crippen LogP contribution in [0, 0.1) is 5.92 Å². The molecule has 206 valence electrons. The van der Waals surface area contributed by atoms with Crippen molar-refractivity contribution in [2.24, 2.45) is 5.92 Å². The van der Waals surface area contributed by atoms with Gasteiger partial charge in [0, 0.05) is 39.5 Å². The molecule has 0 aromatic heterocycles. The van der Waals surface area contributed by atoms with Crippen LogP contribution in [0.25, 0.3) is 0 Å². The summed E-state index contributed by atoms with van der Waals surface area (Å²) >= 11 is 0. The number of nitrogens with zero attached hydrogens (tertiary/aromatic N) is 1. The van der Waals surface area contributed by atoms with Gasteiger partial charge in [-0.1, -0.05) is 20.8 Å². The van der Waals surface area contributed by atoms with Crippen molar-refractivity contribution in [2.75, 3.05) is 125 Å². The van der Waals surface area contributed by atoms with Gasteiger partial charge in [0.25, 0.3) is 0 Å². The van der Waals surface area contributed by atoms with Crippen LogP contribution in [0.3, 0.4) is 0 Å². The molecule has 0 atom stereocenters. The highest BCUT2D eigenvalue weighted by Crippen LogP contribution is 1.94. The Hall–Kier alpha value is -0.360. The predicted molar refractivity (Wildman–Crippen MR) is 134 cm³/mol.